The first-order valence-corrected chi connectivity index (χ1v) is 6.89. The van der Waals surface area contributed by atoms with Crippen LogP contribution in [0.3, 0.4) is 0 Å². The molecule has 0 heterocycles. The molecule has 0 saturated heterocycles. The molecule has 0 unspecified atom stereocenters. The molecule has 0 aromatic heterocycles. The summed E-state index contributed by atoms with van der Waals surface area (Å²) in [5, 5.41) is 5.35. The van der Waals surface area contributed by atoms with Gasteiger partial charge in [0.15, 0.2) is 0 Å². The van der Waals surface area contributed by atoms with Crippen molar-refractivity contribution < 1.29 is 14.3 Å². The molecule has 0 bridgehead atoms. The maximum absolute atomic E-state index is 11.8. The summed E-state index contributed by atoms with van der Waals surface area (Å²) in [4.78, 5) is 23.5. The topological polar surface area (TPSA) is 93.5 Å². The Hall–Kier alpha value is -1.99. The largest absolute Gasteiger partial charge is 0.389 e. The average molecular weight is 309 g/mol. The highest BCUT2D eigenvalue weighted by molar-refractivity contribution is 7.80. The number of amides is 2. The van der Waals surface area contributed by atoms with E-state index in [0.717, 1.165) is 0 Å². The molecule has 0 radical (unpaired) electrons. The summed E-state index contributed by atoms with van der Waals surface area (Å²) in [5.74, 6) is -0.370. The van der Waals surface area contributed by atoms with E-state index in [2.05, 4.69) is 10.6 Å². The number of nitrogens with one attached hydrogen (secondary N) is 2. The summed E-state index contributed by atoms with van der Waals surface area (Å²) in [7, 11) is 1.56. The number of rotatable bonds is 8. The van der Waals surface area contributed by atoms with E-state index in [1.54, 1.807) is 31.4 Å². The Morgan fingerprint density at radius 3 is 2.33 bits per heavy atom. The fourth-order valence-electron chi connectivity index (χ4n) is 1.56. The average Bonchev–Trinajstić information content (AvgIpc) is 2.47. The molecule has 1 aromatic rings. The molecule has 0 aliphatic carbocycles. The van der Waals surface area contributed by atoms with Gasteiger partial charge in [-0.2, -0.15) is 0 Å². The second kappa shape index (κ2) is 9.04. The second-order valence-corrected chi connectivity index (χ2v) is 4.73. The Kier molecular flexibility index (Phi) is 7.34. The first-order chi connectivity index (χ1) is 10.0. The van der Waals surface area contributed by atoms with Crippen molar-refractivity contribution in [3.63, 3.8) is 0 Å². The van der Waals surface area contributed by atoms with Gasteiger partial charge in [-0.3, -0.25) is 9.59 Å². The van der Waals surface area contributed by atoms with E-state index >= 15 is 0 Å². The Morgan fingerprint density at radius 2 is 1.76 bits per heavy atom. The maximum atomic E-state index is 11.8. The molecular weight excluding hydrogens is 290 g/mol. The lowest BCUT2D eigenvalue weighted by atomic mass is 10.1. The van der Waals surface area contributed by atoms with Gasteiger partial charge in [0.1, 0.15) is 4.99 Å². The molecule has 114 valence electrons. The van der Waals surface area contributed by atoms with Gasteiger partial charge in [0.2, 0.25) is 5.91 Å². The zero-order chi connectivity index (χ0) is 15.7. The number of ether oxygens (including phenoxy) is 1. The third-order valence-corrected chi connectivity index (χ3v) is 2.93. The number of thiocarbonyl (C=S) groups is 1. The summed E-state index contributed by atoms with van der Waals surface area (Å²) in [6.45, 7) is 1.20. The van der Waals surface area contributed by atoms with Crippen LogP contribution in [0.2, 0.25) is 0 Å². The molecule has 2 amide bonds. The minimum atomic E-state index is -0.241. The molecule has 0 spiro atoms. The lowest BCUT2D eigenvalue weighted by Gasteiger charge is -2.07. The monoisotopic (exact) mass is 309 g/mol. The quantitative estimate of drug-likeness (QED) is 0.471. The summed E-state index contributed by atoms with van der Waals surface area (Å²) in [5.41, 5.74) is 6.68. The summed E-state index contributed by atoms with van der Waals surface area (Å²) in [6, 6.07) is 6.66. The lowest BCUT2D eigenvalue weighted by molar-refractivity contribution is -0.121. The van der Waals surface area contributed by atoms with Gasteiger partial charge in [-0.15, -0.1) is 0 Å². The van der Waals surface area contributed by atoms with E-state index in [1.165, 1.54) is 0 Å². The summed E-state index contributed by atoms with van der Waals surface area (Å²) in [6.07, 6.45) is 0.223. The minimum absolute atomic E-state index is 0.129. The van der Waals surface area contributed by atoms with Gasteiger partial charge in [-0.05, 0) is 12.1 Å². The molecule has 4 N–H and O–H groups in total. The van der Waals surface area contributed by atoms with Gasteiger partial charge >= 0.3 is 0 Å². The van der Waals surface area contributed by atoms with E-state index in [9.17, 15) is 9.59 Å². The predicted octanol–water partition coefficient (Wildman–Crippen LogP) is 0.203. The van der Waals surface area contributed by atoms with Gasteiger partial charge in [-0.1, -0.05) is 24.4 Å². The Balaban J connectivity index is 2.33. The number of methoxy groups -OCH3 is 1. The number of nitrogens with two attached hydrogens (primary N) is 1. The highest BCUT2D eigenvalue weighted by Gasteiger charge is 2.07. The normalized spacial score (nSPS) is 9.95. The Bertz CT molecular complexity index is 503. The van der Waals surface area contributed by atoms with Crippen LogP contribution in [0.5, 0.6) is 0 Å². The zero-order valence-electron chi connectivity index (χ0n) is 11.8. The van der Waals surface area contributed by atoms with Crippen LogP contribution < -0.4 is 16.4 Å². The Morgan fingerprint density at radius 1 is 1.14 bits per heavy atom. The molecule has 1 rings (SSSR count). The fourth-order valence-corrected chi connectivity index (χ4v) is 1.69. The van der Waals surface area contributed by atoms with Gasteiger partial charge < -0.3 is 21.1 Å². The van der Waals surface area contributed by atoms with Crippen molar-refractivity contribution in [2.75, 3.05) is 26.8 Å². The van der Waals surface area contributed by atoms with Crippen LogP contribution in [0.15, 0.2) is 24.3 Å². The molecule has 0 atom stereocenters. The van der Waals surface area contributed by atoms with E-state index in [4.69, 9.17) is 22.7 Å². The fraction of sp³-hybridized carbons (Fsp3) is 0.357. The van der Waals surface area contributed by atoms with E-state index in [0.29, 0.717) is 24.3 Å². The lowest BCUT2D eigenvalue weighted by Crippen LogP contribution is -2.32. The molecular formula is C14H19N3O3S. The van der Waals surface area contributed by atoms with Crippen LogP contribution >= 0.6 is 12.2 Å². The van der Waals surface area contributed by atoms with E-state index < -0.39 is 0 Å². The number of benzene rings is 1. The number of carbonyl (C=O) groups excluding carboxylic acids is 2. The van der Waals surface area contributed by atoms with E-state index in [-0.39, 0.29) is 29.8 Å². The third kappa shape index (κ3) is 6.33. The van der Waals surface area contributed by atoms with Gasteiger partial charge in [0.05, 0.1) is 6.61 Å². The highest BCUT2D eigenvalue weighted by atomic mass is 32.1. The predicted molar refractivity (Wildman–Crippen MR) is 84.2 cm³/mol. The van der Waals surface area contributed by atoms with Crippen LogP contribution in [0, 0.1) is 0 Å². The van der Waals surface area contributed by atoms with Crippen molar-refractivity contribution in [1.29, 1.82) is 0 Å². The van der Waals surface area contributed by atoms with Crippen LogP contribution in [0.25, 0.3) is 0 Å². The molecule has 0 fully saturated rings. The second-order valence-electron chi connectivity index (χ2n) is 4.29. The van der Waals surface area contributed by atoms with Crippen molar-refractivity contribution in [2.24, 2.45) is 5.73 Å². The van der Waals surface area contributed by atoms with Crippen molar-refractivity contribution in [1.82, 2.24) is 10.6 Å². The summed E-state index contributed by atoms with van der Waals surface area (Å²) < 4.78 is 4.82. The third-order valence-electron chi connectivity index (χ3n) is 2.70. The van der Waals surface area contributed by atoms with Crippen molar-refractivity contribution in [3.8, 4) is 0 Å². The van der Waals surface area contributed by atoms with Crippen LogP contribution in [-0.2, 0) is 9.53 Å². The first-order valence-electron chi connectivity index (χ1n) is 6.48. The number of carbonyl (C=O) groups is 2. The number of hydrogen-bond acceptors (Lipinski definition) is 4. The molecule has 7 heteroatoms. The number of hydrogen-bond donors (Lipinski definition) is 3. The van der Waals surface area contributed by atoms with Crippen LogP contribution in [0.1, 0.15) is 22.3 Å². The molecule has 6 nitrogen and oxygen atoms in total. The maximum Gasteiger partial charge on any atom is 0.251 e. The van der Waals surface area contributed by atoms with Crippen molar-refractivity contribution in [2.45, 2.75) is 6.42 Å². The summed E-state index contributed by atoms with van der Waals surface area (Å²) >= 11 is 4.84. The van der Waals surface area contributed by atoms with Crippen molar-refractivity contribution >= 4 is 29.0 Å². The van der Waals surface area contributed by atoms with Crippen molar-refractivity contribution in [3.05, 3.63) is 35.4 Å². The minimum Gasteiger partial charge on any atom is -0.389 e. The highest BCUT2D eigenvalue weighted by Crippen LogP contribution is 2.04. The SMILES string of the molecule is COCCNC(=O)CCNC(=O)c1ccc(C(N)=S)cc1. The van der Waals surface area contributed by atoms with E-state index in [1.807, 2.05) is 0 Å². The molecule has 1 aromatic carbocycles. The molecule has 0 aliphatic rings. The molecule has 0 aliphatic heterocycles. The van der Waals surface area contributed by atoms with Crippen LogP contribution in [-0.4, -0.2) is 43.6 Å². The van der Waals surface area contributed by atoms with Gasteiger partial charge in [0, 0.05) is 37.7 Å². The first kappa shape index (κ1) is 17.1. The standard InChI is InChI=1S/C14H19N3O3S/c1-20-9-8-16-12(18)6-7-17-14(19)11-4-2-10(3-5-11)13(15)21/h2-5H,6-9H2,1H3,(H2,15,21)(H,16,18)(H,17,19). The van der Waals surface area contributed by atoms with Gasteiger partial charge in [-0.25, -0.2) is 0 Å². The Labute approximate surface area is 129 Å². The zero-order valence-corrected chi connectivity index (χ0v) is 12.7. The molecule has 21 heavy (non-hydrogen) atoms. The molecule has 0 saturated carbocycles. The smallest absolute Gasteiger partial charge is 0.251 e. The van der Waals surface area contributed by atoms with Gasteiger partial charge in [0.25, 0.3) is 5.91 Å². The van der Waals surface area contributed by atoms with Crippen LogP contribution in [0.4, 0.5) is 0 Å².